The van der Waals surface area contributed by atoms with Gasteiger partial charge in [-0.1, -0.05) is 26.0 Å². The third-order valence-electron chi connectivity index (χ3n) is 3.53. The average Bonchev–Trinajstić information content (AvgIpc) is 2.69. The van der Waals surface area contributed by atoms with Gasteiger partial charge in [0.05, 0.1) is 0 Å². The third-order valence-corrected chi connectivity index (χ3v) is 3.53. The summed E-state index contributed by atoms with van der Waals surface area (Å²) in [6.07, 6.45) is 0. The first-order valence-electron chi connectivity index (χ1n) is 5.03. The first-order chi connectivity index (χ1) is 6.57. The minimum atomic E-state index is -0.170. The molecule has 2 rings (SSSR count). The molecule has 2 N–H and O–H groups in total. The summed E-state index contributed by atoms with van der Waals surface area (Å²) in [6, 6.07) is 6.80. The van der Waals surface area contributed by atoms with Gasteiger partial charge in [0, 0.05) is 0 Å². The van der Waals surface area contributed by atoms with Crippen LogP contribution in [0.4, 0.5) is 4.39 Å². The average molecular weight is 193 g/mol. The number of hydrogen-bond acceptors (Lipinski definition) is 1. The van der Waals surface area contributed by atoms with E-state index in [1.807, 2.05) is 12.1 Å². The topological polar surface area (TPSA) is 26.0 Å². The fraction of sp³-hybridized carbons (Fsp3) is 0.500. The Morgan fingerprint density at radius 1 is 1.29 bits per heavy atom. The minimum absolute atomic E-state index is 0.170. The first kappa shape index (κ1) is 9.66. The lowest BCUT2D eigenvalue weighted by molar-refractivity contribution is 0.558. The van der Waals surface area contributed by atoms with E-state index in [1.165, 1.54) is 17.7 Å². The van der Waals surface area contributed by atoms with Crippen LogP contribution in [0, 0.1) is 17.2 Å². The lowest BCUT2D eigenvalue weighted by Gasteiger charge is -2.02. The third kappa shape index (κ3) is 1.34. The fourth-order valence-electron chi connectivity index (χ4n) is 2.52. The highest BCUT2D eigenvalue weighted by atomic mass is 19.1. The molecule has 0 radical (unpaired) electrons. The molecule has 0 bridgehead atoms. The molecule has 0 aromatic heterocycles. The van der Waals surface area contributed by atoms with Crippen molar-refractivity contribution in [3.05, 3.63) is 35.6 Å². The maximum atomic E-state index is 12.7. The summed E-state index contributed by atoms with van der Waals surface area (Å²) in [6.45, 7) is 5.16. The van der Waals surface area contributed by atoms with Gasteiger partial charge in [0.1, 0.15) is 5.82 Å². The van der Waals surface area contributed by atoms with Crippen molar-refractivity contribution in [2.75, 3.05) is 6.54 Å². The highest BCUT2D eigenvalue weighted by Gasteiger charge is 2.56. The molecule has 0 saturated heterocycles. The predicted octanol–water partition coefficient (Wildman–Crippen LogP) is 2.52. The van der Waals surface area contributed by atoms with Gasteiger partial charge < -0.3 is 5.73 Å². The monoisotopic (exact) mass is 193 g/mol. The van der Waals surface area contributed by atoms with Crippen LogP contribution in [0.25, 0.3) is 0 Å². The summed E-state index contributed by atoms with van der Waals surface area (Å²) >= 11 is 0. The van der Waals surface area contributed by atoms with Crippen LogP contribution in [0.3, 0.4) is 0 Å². The van der Waals surface area contributed by atoms with Gasteiger partial charge in [-0.25, -0.2) is 4.39 Å². The van der Waals surface area contributed by atoms with Crippen LogP contribution >= 0.6 is 0 Å². The van der Waals surface area contributed by atoms with E-state index in [-0.39, 0.29) is 11.2 Å². The zero-order valence-corrected chi connectivity index (χ0v) is 8.63. The molecule has 0 amide bonds. The second-order valence-corrected chi connectivity index (χ2v) is 4.69. The van der Waals surface area contributed by atoms with Gasteiger partial charge in [-0.2, -0.15) is 0 Å². The number of halogens is 1. The normalized spacial score (nSPS) is 28.9. The molecule has 0 spiro atoms. The Bertz CT molecular complexity index is 329. The smallest absolute Gasteiger partial charge is 0.123 e. The molecule has 2 atom stereocenters. The molecule has 1 aliphatic rings. The highest BCUT2D eigenvalue weighted by Crippen LogP contribution is 2.63. The van der Waals surface area contributed by atoms with Crippen molar-refractivity contribution in [2.45, 2.75) is 19.8 Å². The van der Waals surface area contributed by atoms with Gasteiger partial charge in [0.15, 0.2) is 0 Å². The Morgan fingerprint density at radius 2 is 1.86 bits per heavy atom. The van der Waals surface area contributed by atoms with Crippen LogP contribution in [-0.4, -0.2) is 6.54 Å². The minimum Gasteiger partial charge on any atom is -0.330 e. The lowest BCUT2D eigenvalue weighted by Crippen LogP contribution is -2.05. The molecule has 2 heteroatoms. The van der Waals surface area contributed by atoms with E-state index in [9.17, 15) is 4.39 Å². The predicted molar refractivity (Wildman–Crippen MR) is 55.5 cm³/mol. The summed E-state index contributed by atoms with van der Waals surface area (Å²) in [5.74, 6) is 0.887. The van der Waals surface area contributed by atoms with E-state index in [4.69, 9.17) is 5.73 Å². The Labute approximate surface area is 84.1 Å². The molecule has 1 nitrogen and oxygen atoms in total. The molecule has 0 heterocycles. The molecule has 1 aromatic carbocycles. The number of hydrogen-bond donors (Lipinski definition) is 1. The highest BCUT2D eigenvalue weighted by molar-refractivity contribution is 5.31. The van der Waals surface area contributed by atoms with Crippen molar-refractivity contribution < 1.29 is 4.39 Å². The van der Waals surface area contributed by atoms with Gasteiger partial charge in [-0.3, -0.25) is 0 Å². The number of benzene rings is 1. The number of nitrogens with two attached hydrogens (primary N) is 1. The Balaban J connectivity index is 2.22. The van der Waals surface area contributed by atoms with E-state index in [1.54, 1.807) is 0 Å². The fourth-order valence-corrected chi connectivity index (χ4v) is 2.52. The molecule has 76 valence electrons. The Morgan fingerprint density at radius 3 is 2.29 bits per heavy atom. The van der Waals surface area contributed by atoms with Crippen LogP contribution in [-0.2, 0) is 0 Å². The van der Waals surface area contributed by atoms with Crippen molar-refractivity contribution in [3.63, 3.8) is 0 Å². The van der Waals surface area contributed by atoms with Crippen LogP contribution in [0.1, 0.15) is 25.3 Å². The SMILES string of the molecule is CC1(C)[C@H](CN)[C@H]1c1ccc(F)cc1. The summed E-state index contributed by atoms with van der Waals surface area (Å²) < 4.78 is 12.7. The maximum absolute atomic E-state index is 12.7. The first-order valence-corrected chi connectivity index (χ1v) is 5.03. The van der Waals surface area contributed by atoms with Gasteiger partial charge in [-0.05, 0) is 41.5 Å². The molecule has 0 unspecified atom stereocenters. The van der Waals surface area contributed by atoms with Crippen molar-refractivity contribution in [2.24, 2.45) is 17.1 Å². The Kier molecular flexibility index (Phi) is 2.11. The van der Waals surface area contributed by atoms with Gasteiger partial charge >= 0.3 is 0 Å². The van der Waals surface area contributed by atoms with Crippen molar-refractivity contribution >= 4 is 0 Å². The van der Waals surface area contributed by atoms with E-state index in [2.05, 4.69) is 13.8 Å². The second kappa shape index (κ2) is 3.06. The number of rotatable bonds is 2. The summed E-state index contributed by atoms with van der Waals surface area (Å²) in [7, 11) is 0. The summed E-state index contributed by atoms with van der Waals surface area (Å²) in [5, 5.41) is 0. The second-order valence-electron chi connectivity index (χ2n) is 4.69. The van der Waals surface area contributed by atoms with Crippen LogP contribution in [0.5, 0.6) is 0 Å². The molecule has 1 aromatic rings. The molecule has 1 saturated carbocycles. The zero-order chi connectivity index (χ0) is 10.3. The lowest BCUT2D eigenvalue weighted by atomic mass is 10.0. The van der Waals surface area contributed by atoms with E-state index >= 15 is 0 Å². The molecule has 0 aliphatic heterocycles. The molecular formula is C12H16FN. The summed E-state index contributed by atoms with van der Waals surface area (Å²) in [4.78, 5) is 0. The molecular weight excluding hydrogens is 177 g/mol. The van der Waals surface area contributed by atoms with E-state index < -0.39 is 0 Å². The van der Waals surface area contributed by atoms with E-state index in [0.717, 1.165) is 6.54 Å². The Hall–Kier alpha value is -0.890. The van der Waals surface area contributed by atoms with Gasteiger partial charge in [0.2, 0.25) is 0 Å². The van der Waals surface area contributed by atoms with Gasteiger partial charge in [0.25, 0.3) is 0 Å². The maximum Gasteiger partial charge on any atom is 0.123 e. The standard InChI is InChI=1S/C12H16FN/c1-12(2)10(7-14)11(12)8-3-5-9(13)6-4-8/h3-6,10-11H,7,14H2,1-2H3/t10-,11-/m1/s1. The molecule has 1 fully saturated rings. The summed E-state index contributed by atoms with van der Waals surface area (Å²) in [5.41, 5.74) is 7.19. The van der Waals surface area contributed by atoms with Crippen molar-refractivity contribution in [1.82, 2.24) is 0 Å². The largest absolute Gasteiger partial charge is 0.330 e. The quantitative estimate of drug-likeness (QED) is 0.767. The zero-order valence-electron chi connectivity index (χ0n) is 8.63. The van der Waals surface area contributed by atoms with Crippen LogP contribution in [0.15, 0.2) is 24.3 Å². The molecule has 1 aliphatic carbocycles. The van der Waals surface area contributed by atoms with Crippen LogP contribution in [0.2, 0.25) is 0 Å². The molecule has 14 heavy (non-hydrogen) atoms. The van der Waals surface area contributed by atoms with Crippen molar-refractivity contribution in [1.29, 1.82) is 0 Å². The van der Waals surface area contributed by atoms with E-state index in [0.29, 0.717) is 11.8 Å². The van der Waals surface area contributed by atoms with Crippen LogP contribution < -0.4 is 5.73 Å². The van der Waals surface area contributed by atoms with Gasteiger partial charge in [-0.15, -0.1) is 0 Å². The van der Waals surface area contributed by atoms with Crippen molar-refractivity contribution in [3.8, 4) is 0 Å².